The topological polar surface area (TPSA) is 15.3 Å². The average molecular weight is 280 g/mol. The molecule has 1 saturated carbocycles. The van der Waals surface area contributed by atoms with Crippen molar-refractivity contribution in [3.63, 3.8) is 0 Å². The van der Waals surface area contributed by atoms with Crippen molar-refractivity contribution in [3.8, 4) is 0 Å². The van der Waals surface area contributed by atoms with Gasteiger partial charge in [0, 0.05) is 31.2 Å². The van der Waals surface area contributed by atoms with Crippen LogP contribution in [0.1, 0.15) is 72.6 Å². The first-order chi connectivity index (χ1) is 9.53. The zero-order chi connectivity index (χ0) is 14.6. The molecule has 0 radical (unpaired) electrons. The number of nitrogens with zero attached hydrogens (tertiary/aromatic N) is 1. The Labute approximate surface area is 126 Å². The van der Waals surface area contributed by atoms with Crippen LogP contribution in [0.15, 0.2) is 0 Å². The SMILES string of the molecule is CCCC(C)CN1CC(C2CCCCC2)NCC1(C)C. The van der Waals surface area contributed by atoms with E-state index in [9.17, 15) is 0 Å². The van der Waals surface area contributed by atoms with Gasteiger partial charge in [0.15, 0.2) is 0 Å². The molecule has 2 nitrogen and oxygen atoms in total. The highest BCUT2D eigenvalue weighted by Gasteiger charge is 2.37. The Hall–Kier alpha value is -0.0800. The minimum Gasteiger partial charge on any atom is -0.311 e. The third kappa shape index (κ3) is 4.21. The molecule has 1 aliphatic heterocycles. The van der Waals surface area contributed by atoms with Crippen LogP contribution < -0.4 is 5.32 Å². The van der Waals surface area contributed by atoms with E-state index in [1.807, 2.05) is 0 Å². The van der Waals surface area contributed by atoms with Gasteiger partial charge in [-0.25, -0.2) is 0 Å². The van der Waals surface area contributed by atoms with Crippen LogP contribution in [0.25, 0.3) is 0 Å². The predicted molar refractivity (Wildman–Crippen MR) is 88.1 cm³/mol. The van der Waals surface area contributed by atoms with Crippen LogP contribution in [0, 0.1) is 11.8 Å². The third-order valence-electron chi connectivity index (χ3n) is 5.60. The minimum absolute atomic E-state index is 0.327. The first kappa shape index (κ1) is 16.3. The second kappa shape index (κ2) is 7.26. The van der Waals surface area contributed by atoms with E-state index in [0.717, 1.165) is 24.4 Å². The second-order valence-electron chi connectivity index (χ2n) is 8.00. The zero-order valence-corrected chi connectivity index (χ0v) is 14.3. The fourth-order valence-electron chi connectivity index (χ4n) is 4.18. The van der Waals surface area contributed by atoms with E-state index in [1.165, 1.54) is 58.0 Å². The lowest BCUT2D eigenvalue weighted by molar-refractivity contribution is 0.0322. The Bertz CT molecular complexity index is 281. The van der Waals surface area contributed by atoms with Crippen LogP contribution in [0.4, 0.5) is 0 Å². The summed E-state index contributed by atoms with van der Waals surface area (Å²) in [6.07, 6.45) is 9.98. The van der Waals surface area contributed by atoms with Gasteiger partial charge >= 0.3 is 0 Å². The molecule has 0 bridgehead atoms. The summed E-state index contributed by atoms with van der Waals surface area (Å²) in [6, 6.07) is 0.747. The van der Waals surface area contributed by atoms with Gasteiger partial charge in [-0.05, 0) is 44.9 Å². The van der Waals surface area contributed by atoms with Crippen LogP contribution >= 0.6 is 0 Å². The normalized spacial score (nSPS) is 30.3. The molecule has 118 valence electrons. The van der Waals surface area contributed by atoms with Crippen molar-refractivity contribution in [1.29, 1.82) is 0 Å². The van der Waals surface area contributed by atoms with Crippen LogP contribution in [0.2, 0.25) is 0 Å². The van der Waals surface area contributed by atoms with Gasteiger partial charge in [0.2, 0.25) is 0 Å². The van der Waals surface area contributed by atoms with Crippen molar-refractivity contribution in [1.82, 2.24) is 10.2 Å². The first-order valence-corrected chi connectivity index (χ1v) is 9.01. The van der Waals surface area contributed by atoms with Gasteiger partial charge in [0.25, 0.3) is 0 Å². The molecular formula is C18H36N2. The molecule has 0 aromatic rings. The van der Waals surface area contributed by atoms with Gasteiger partial charge in [-0.15, -0.1) is 0 Å². The second-order valence-corrected chi connectivity index (χ2v) is 8.00. The molecule has 20 heavy (non-hydrogen) atoms. The van der Waals surface area contributed by atoms with Crippen molar-refractivity contribution in [3.05, 3.63) is 0 Å². The largest absolute Gasteiger partial charge is 0.311 e. The molecule has 1 heterocycles. The van der Waals surface area contributed by atoms with Gasteiger partial charge < -0.3 is 5.32 Å². The third-order valence-corrected chi connectivity index (χ3v) is 5.60. The number of hydrogen-bond acceptors (Lipinski definition) is 2. The maximum atomic E-state index is 3.87. The van der Waals surface area contributed by atoms with Crippen LogP contribution in [0.5, 0.6) is 0 Å². The number of nitrogens with one attached hydrogen (secondary N) is 1. The lowest BCUT2D eigenvalue weighted by atomic mass is 9.81. The van der Waals surface area contributed by atoms with Crippen LogP contribution in [-0.2, 0) is 0 Å². The molecule has 2 fully saturated rings. The maximum Gasteiger partial charge on any atom is 0.0278 e. The van der Waals surface area contributed by atoms with Gasteiger partial charge in [-0.1, -0.05) is 39.5 Å². The van der Waals surface area contributed by atoms with Crippen molar-refractivity contribution >= 4 is 0 Å². The summed E-state index contributed by atoms with van der Waals surface area (Å²) in [6.45, 7) is 13.3. The molecule has 1 N–H and O–H groups in total. The quantitative estimate of drug-likeness (QED) is 0.817. The van der Waals surface area contributed by atoms with E-state index in [1.54, 1.807) is 0 Å². The predicted octanol–water partition coefficient (Wildman–Crippen LogP) is 4.06. The van der Waals surface area contributed by atoms with Crippen molar-refractivity contribution in [2.75, 3.05) is 19.6 Å². The fourth-order valence-corrected chi connectivity index (χ4v) is 4.18. The highest BCUT2D eigenvalue weighted by molar-refractivity contribution is 4.95. The molecule has 0 amide bonds. The molecule has 0 aromatic carbocycles. The highest BCUT2D eigenvalue weighted by atomic mass is 15.3. The summed E-state index contributed by atoms with van der Waals surface area (Å²) in [4.78, 5) is 2.78. The lowest BCUT2D eigenvalue weighted by Gasteiger charge is -2.49. The molecule has 2 unspecified atom stereocenters. The van der Waals surface area contributed by atoms with Crippen LogP contribution in [-0.4, -0.2) is 36.1 Å². The molecular weight excluding hydrogens is 244 g/mol. The minimum atomic E-state index is 0.327. The summed E-state index contributed by atoms with van der Waals surface area (Å²) >= 11 is 0. The summed E-state index contributed by atoms with van der Waals surface area (Å²) in [5.74, 6) is 1.77. The van der Waals surface area contributed by atoms with Gasteiger partial charge in [0.1, 0.15) is 0 Å². The van der Waals surface area contributed by atoms with E-state index in [-0.39, 0.29) is 0 Å². The molecule has 2 rings (SSSR count). The fraction of sp³-hybridized carbons (Fsp3) is 1.00. The van der Waals surface area contributed by atoms with Crippen molar-refractivity contribution in [2.24, 2.45) is 11.8 Å². The number of rotatable bonds is 5. The molecule has 2 aliphatic rings. The van der Waals surface area contributed by atoms with E-state index >= 15 is 0 Å². The molecule has 1 aliphatic carbocycles. The molecule has 0 spiro atoms. The van der Waals surface area contributed by atoms with Crippen molar-refractivity contribution < 1.29 is 0 Å². The van der Waals surface area contributed by atoms with E-state index in [2.05, 4.69) is 37.9 Å². The Balaban J connectivity index is 1.92. The Morgan fingerprint density at radius 3 is 2.55 bits per heavy atom. The maximum absolute atomic E-state index is 3.87. The summed E-state index contributed by atoms with van der Waals surface area (Å²) in [5, 5.41) is 3.87. The standard InChI is InChI=1S/C18H36N2/c1-5-9-15(2)12-20-13-17(19-14-18(20,3)4)16-10-7-6-8-11-16/h15-17,19H,5-14H2,1-4H3. The Morgan fingerprint density at radius 1 is 1.20 bits per heavy atom. The molecule has 0 aromatic heterocycles. The van der Waals surface area contributed by atoms with Crippen molar-refractivity contribution in [2.45, 2.75) is 84.2 Å². The summed E-state index contributed by atoms with van der Waals surface area (Å²) < 4.78 is 0. The number of piperazine rings is 1. The van der Waals surface area contributed by atoms with E-state index in [0.29, 0.717) is 5.54 Å². The van der Waals surface area contributed by atoms with Gasteiger partial charge in [-0.2, -0.15) is 0 Å². The smallest absolute Gasteiger partial charge is 0.0278 e. The Kier molecular flexibility index (Phi) is 5.92. The molecule has 2 heteroatoms. The first-order valence-electron chi connectivity index (χ1n) is 9.01. The zero-order valence-electron chi connectivity index (χ0n) is 14.3. The number of hydrogen-bond donors (Lipinski definition) is 1. The highest BCUT2D eigenvalue weighted by Crippen LogP contribution is 2.31. The molecule has 2 atom stereocenters. The van der Waals surface area contributed by atoms with Crippen LogP contribution in [0.3, 0.4) is 0 Å². The Morgan fingerprint density at radius 2 is 1.90 bits per heavy atom. The van der Waals surface area contributed by atoms with Gasteiger partial charge in [0.05, 0.1) is 0 Å². The lowest BCUT2D eigenvalue weighted by Crippen LogP contribution is -2.64. The van der Waals surface area contributed by atoms with E-state index < -0.39 is 0 Å². The monoisotopic (exact) mass is 280 g/mol. The molecule has 1 saturated heterocycles. The van der Waals surface area contributed by atoms with Gasteiger partial charge in [-0.3, -0.25) is 4.90 Å². The summed E-state index contributed by atoms with van der Waals surface area (Å²) in [5.41, 5.74) is 0.327. The van der Waals surface area contributed by atoms with E-state index in [4.69, 9.17) is 0 Å². The summed E-state index contributed by atoms with van der Waals surface area (Å²) in [7, 11) is 0. The average Bonchev–Trinajstić information content (AvgIpc) is 2.42.